The third-order valence-electron chi connectivity index (χ3n) is 3.30. The molecule has 2 rings (SSSR count). The predicted molar refractivity (Wildman–Crippen MR) is 93.3 cm³/mol. The molecule has 26 heavy (non-hydrogen) atoms. The number of anilines is 1. The van der Waals surface area contributed by atoms with Crippen LogP contribution in [0.5, 0.6) is 5.75 Å². The zero-order chi connectivity index (χ0) is 19.3. The lowest BCUT2D eigenvalue weighted by Crippen LogP contribution is -2.14. The zero-order valence-electron chi connectivity index (χ0n) is 13.3. The molecule has 0 aliphatic heterocycles. The van der Waals surface area contributed by atoms with Crippen molar-refractivity contribution in [1.29, 1.82) is 5.26 Å². The fourth-order valence-corrected chi connectivity index (χ4v) is 2.24. The monoisotopic (exact) mass is 375 g/mol. The van der Waals surface area contributed by atoms with Crippen molar-refractivity contribution in [2.24, 2.45) is 0 Å². The number of carbonyl (C=O) groups is 1. The van der Waals surface area contributed by atoms with Crippen LogP contribution < -0.4 is 10.1 Å². The maximum Gasteiger partial charge on any atom is 0.296 e. The number of nitro groups is 1. The van der Waals surface area contributed by atoms with Crippen molar-refractivity contribution < 1.29 is 18.8 Å². The fourth-order valence-electron chi connectivity index (χ4n) is 2.03. The van der Waals surface area contributed by atoms with Gasteiger partial charge in [0.05, 0.1) is 23.1 Å². The summed E-state index contributed by atoms with van der Waals surface area (Å²) >= 11 is 5.87. The molecule has 2 aromatic rings. The Morgan fingerprint density at radius 1 is 1.42 bits per heavy atom. The van der Waals surface area contributed by atoms with Gasteiger partial charge in [-0.3, -0.25) is 14.9 Å². The molecule has 0 fully saturated rings. The van der Waals surface area contributed by atoms with Crippen molar-refractivity contribution in [2.45, 2.75) is 0 Å². The zero-order valence-corrected chi connectivity index (χ0v) is 14.1. The molecule has 9 heteroatoms. The molecule has 0 saturated heterocycles. The van der Waals surface area contributed by atoms with E-state index in [1.807, 2.05) is 0 Å². The minimum absolute atomic E-state index is 0.0148. The second-order valence-electron chi connectivity index (χ2n) is 4.90. The van der Waals surface area contributed by atoms with Gasteiger partial charge in [-0.2, -0.15) is 5.26 Å². The second-order valence-corrected chi connectivity index (χ2v) is 5.31. The maximum atomic E-state index is 13.8. The van der Waals surface area contributed by atoms with Crippen molar-refractivity contribution in [2.75, 3.05) is 12.4 Å². The van der Waals surface area contributed by atoms with Crippen LogP contribution in [0, 0.1) is 27.3 Å². The van der Waals surface area contributed by atoms with Crippen LogP contribution in [0.25, 0.3) is 6.08 Å². The van der Waals surface area contributed by atoms with Crippen molar-refractivity contribution in [3.05, 3.63) is 68.5 Å². The van der Waals surface area contributed by atoms with Crippen LogP contribution in [0.4, 0.5) is 15.8 Å². The first-order valence-corrected chi connectivity index (χ1v) is 7.44. The third-order valence-corrected chi connectivity index (χ3v) is 3.63. The Kier molecular flexibility index (Phi) is 5.88. The standard InChI is InChI=1S/C17H11ClFN3O4/c1-26-11-5-6-15(16(8-11)22(24)25)21-17(23)10(9-20)7-12-13(18)3-2-4-14(12)19/h2-8H,1H3,(H,21,23)/b10-7+. The third kappa shape index (κ3) is 4.15. The van der Waals surface area contributed by atoms with Gasteiger partial charge >= 0.3 is 0 Å². The highest BCUT2D eigenvalue weighted by Gasteiger charge is 2.19. The van der Waals surface area contributed by atoms with E-state index in [9.17, 15) is 24.6 Å². The molecule has 0 spiro atoms. The van der Waals surface area contributed by atoms with Gasteiger partial charge in [0.15, 0.2) is 0 Å². The Labute approximate surface area is 152 Å². The first-order valence-electron chi connectivity index (χ1n) is 7.07. The van der Waals surface area contributed by atoms with Gasteiger partial charge in [-0.05, 0) is 30.3 Å². The van der Waals surface area contributed by atoms with E-state index in [1.54, 1.807) is 6.07 Å². The number of rotatable bonds is 5. The van der Waals surface area contributed by atoms with Crippen LogP contribution in [0.15, 0.2) is 42.0 Å². The van der Waals surface area contributed by atoms with Crippen molar-refractivity contribution in [1.82, 2.24) is 0 Å². The highest BCUT2D eigenvalue weighted by atomic mass is 35.5. The molecule has 0 atom stereocenters. The molecule has 1 amide bonds. The summed E-state index contributed by atoms with van der Waals surface area (Å²) in [6, 6.07) is 9.32. The Hall–Kier alpha value is -3.44. The number of ether oxygens (including phenoxy) is 1. The van der Waals surface area contributed by atoms with E-state index in [0.717, 1.165) is 18.2 Å². The molecule has 0 aliphatic carbocycles. The van der Waals surface area contributed by atoms with E-state index in [4.69, 9.17) is 16.3 Å². The van der Waals surface area contributed by atoms with Crippen LogP contribution in [-0.2, 0) is 4.79 Å². The molecule has 0 radical (unpaired) electrons. The van der Waals surface area contributed by atoms with Crippen molar-refractivity contribution in [3.63, 3.8) is 0 Å². The fraction of sp³-hybridized carbons (Fsp3) is 0.0588. The highest BCUT2D eigenvalue weighted by Crippen LogP contribution is 2.29. The Morgan fingerprint density at radius 3 is 2.73 bits per heavy atom. The number of nitriles is 1. The lowest BCUT2D eigenvalue weighted by molar-refractivity contribution is -0.384. The number of benzene rings is 2. The molecule has 7 nitrogen and oxygen atoms in total. The largest absolute Gasteiger partial charge is 0.496 e. The lowest BCUT2D eigenvalue weighted by atomic mass is 10.1. The Balaban J connectivity index is 2.38. The number of hydrogen-bond acceptors (Lipinski definition) is 5. The van der Waals surface area contributed by atoms with Crippen LogP contribution >= 0.6 is 11.6 Å². The van der Waals surface area contributed by atoms with Crippen molar-refractivity contribution in [3.8, 4) is 11.8 Å². The normalized spacial score (nSPS) is 10.8. The summed E-state index contributed by atoms with van der Waals surface area (Å²) in [5, 5.41) is 22.6. The molecule has 0 unspecified atom stereocenters. The minimum atomic E-state index is -0.944. The summed E-state index contributed by atoms with van der Waals surface area (Å²) in [4.78, 5) is 22.7. The average molecular weight is 376 g/mol. The molecule has 0 saturated carbocycles. The molecule has 132 valence electrons. The molecule has 2 aromatic carbocycles. The molecule has 0 bridgehead atoms. The average Bonchev–Trinajstić information content (AvgIpc) is 2.61. The Bertz CT molecular complexity index is 933. The van der Waals surface area contributed by atoms with Gasteiger partial charge in [-0.1, -0.05) is 17.7 Å². The molecule has 1 N–H and O–H groups in total. The number of nitrogens with one attached hydrogen (secondary N) is 1. The number of halogens is 2. The van der Waals surface area contributed by atoms with Crippen LogP contribution in [0.1, 0.15) is 5.56 Å². The smallest absolute Gasteiger partial charge is 0.296 e. The summed E-state index contributed by atoms with van der Waals surface area (Å²) in [6.07, 6.45) is 0.975. The van der Waals surface area contributed by atoms with E-state index >= 15 is 0 Å². The van der Waals surface area contributed by atoms with E-state index in [0.29, 0.717) is 0 Å². The molecule has 0 aromatic heterocycles. The van der Waals surface area contributed by atoms with Crippen LogP contribution in [0.3, 0.4) is 0 Å². The van der Waals surface area contributed by atoms with E-state index in [2.05, 4.69) is 5.32 Å². The van der Waals surface area contributed by atoms with Gasteiger partial charge in [-0.15, -0.1) is 0 Å². The van der Waals surface area contributed by atoms with Crippen LogP contribution in [-0.4, -0.2) is 17.9 Å². The number of nitrogens with zero attached hydrogens (tertiary/aromatic N) is 2. The van der Waals surface area contributed by atoms with Gasteiger partial charge in [0.1, 0.15) is 28.9 Å². The molecule has 0 aliphatic rings. The summed E-state index contributed by atoms with van der Waals surface area (Å²) < 4.78 is 18.7. The van der Waals surface area contributed by atoms with Gasteiger partial charge in [0, 0.05) is 5.56 Å². The summed E-state index contributed by atoms with van der Waals surface area (Å²) in [5.41, 5.74) is -1.16. The quantitative estimate of drug-likeness (QED) is 0.369. The lowest BCUT2D eigenvalue weighted by Gasteiger charge is -2.07. The van der Waals surface area contributed by atoms with Crippen molar-refractivity contribution >= 4 is 35.0 Å². The second kappa shape index (κ2) is 8.09. The Morgan fingerprint density at radius 2 is 2.15 bits per heavy atom. The van der Waals surface area contributed by atoms with Gasteiger partial charge in [0.2, 0.25) is 0 Å². The molecule has 0 heterocycles. The first-order chi connectivity index (χ1) is 12.4. The van der Waals surface area contributed by atoms with Crippen LogP contribution in [0.2, 0.25) is 5.02 Å². The maximum absolute atomic E-state index is 13.8. The SMILES string of the molecule is COc1ccc(NC(=O)/C(C#N)=C/c2c(F)cccc2Cl)c([N+](=O)[O-])c1. The number of amides is 1. The van der Waals surface area contributed by atoms with Gasteiger partial charge < -0.3 is 10.1 Å². The first kappa shape index (κ1) is 18.9. The summed E-state index contributed by atoms with van der Waals surface area (Å²) in [5.74, 6) is -1.43. The minimum Gasteiger partial charge on any atom is -0.496 e. The summed E-state index contributed by atoms with van der Waals surface area (Å²) in [7, 11) is 1.34. The molecular formula is C17H11ClFN3O4. The highest BCUT2D eigenvalue weighted by molar-refractivity contribution is 6.32. The van der Waals surface area contributed by atoms with E-state index < -0.39 is 27.9 Å². The number of methoxy groups -OCH3 is 1. The van der Waals surface area contributed by atoms with E-state index in [1.165, 1.54) is 31.4 Å². The number of nitro benzene ring substituents is 1. The predicted octanol–water partition coefficient (Wildman–Crippen LogP) is 3.94. The summed E-state index contributed by atoms with van der Waals surface area (Å²) in [6.45, 7) is 0. The topological polar surface area (TPSA) is 105 Å². The van der Waals surface area contributed by atoms with Gasteiger partial charge in [-0.25, -0.2) is 4.39 Å². The molecular weight excluding hydrogens is 365 g/mol. The van der Waals surface area contributed by atoms with E-state index in [-0.39, 0.29) is 22.0 Å². The number of hydrogen-bond donors (Lipinski definition) is 1. The van der Waals surface area contributed by atoms with Gasteiger partial charge in [0.25, 0.3) is 11.6 Å². The number of carbonyl (C=O) groups excluding carboxylic acids is 1.